The Balaban J connectivity index is 1.81. The van der Waals surface area contributed by atoms with E-state index in [9.17, 15) is 13.2 Å². The summed E-state index contributed by atoms with van der Waals surface area (Å²) in [6.45, 7) is 2.35. The quantitative estimate of drug-likeness (QED) is 0.452. The Labute approximate surface area is 198 Å². The molecule has 0 bridgehead atoms. The van der Waals surface area contributed by atoms with Crippen LogP contribution in [0.25, 0.3) is 0 Å². The van der Waals surface area contributed by atoms with Crippen molar-refractivity contribution in [2.24, 2.45) is 0 Å². The lowest BCUT2D eigenvalue weighted by Crippen LogP contribution is -2.39. The number of sulfonamides is 1. The van der Waals surface area contributed by atoms with Gasteiger partial charge in [0.2, 0.25) is 10.0 Å². The average Bonchev–Trinajstić information content (AvgIpc) is 2.72. The second kappa shape index (κ2) is 11.9. The Morgan fingerprint density at radius 1 is 1.16 bits per heavy atom. The summed E-state index contributed by atoms with van der Waals surface area (Å²) >= 11 is 14.0. The molecule has 0 saturated heterocycles. The molecular formula is C21H26Cl2N2O4S2. The normalized spacial score (nSPS) is 12.3. The number of hydrogen-bond acceptors (Lipinski definition) is 5. The number of carbonyl (C=O) groups excluding carboxylic acids is 1. The maximum atomic E-state index is 12.5. The van der Waals surface area contributed by atoms with Gasteiger partial charge in [-0.3, -0.25) is 9.10 Å². The van der Waals surface area contributed by atoms with Crippen molar-refractivity contribution in [1.82, 2.24) is 5.32 Å². The zero-order valence-corrected chi connectivity index (χ0v) is 20.7. The number of amides is 1. The fourth-order valence-electron chi connectivity index (χ4n) is 2.62. The summed E-state index contributed by atoms with van der Waals surface area (Å²) in [4.78, 5) is 12.5. The summed E-state index contributed by atoms with van der Waals surface area (Å²) in [6.07, 6.45) is 0.997. The number of halogens is 2. The van der Waals surface area contributed by atoms with Gasteiger partial charge in [-0.2, -0.15) is 11.8 Å². The van der Waals surface area contributed by atoms with Crippen molar-refractivity contribution >= 4 is 56.6 Å². The number of thioether (sulfide) groups is 1. The number of anilines is 1. The van der Waals surface area contributed by atoms with Crippen molar-refractivity contribution in [2.75, 3.05) is 29.9 Å². The molecule has 0 fully saturated rings. The highest BCUT2D eigenvalue weighted by atomic mass is 35.5. The summed E-state index contributed by atoms with van der Waals surface area (Å²) in [5.74, 6) is 1.67. The maximum absolute atomic E-state index is 12.5. The minimum atomic E-state index is -3.34. The topological polar surface area (TPSA) is 75.7 Å². The minimum absolute atomic E-state index is 0.198. The van der Waals surface area contributed by atoms with E-state index in [-0.39, 0.29) is 5.91 Å². The zero-order chi connectivity index (χ0) is 23.0. The molecule has 0 spiro atoms. The molecule has 0 radical (unpaired) electrons. The lowest BCUT2D eigenvalue weighted by molar-refractivity contribution is -0.127. The minimum Gasteiger partial charge on any atom is -0.481 e. The van der Waals surface area contributed by atoms with Crippen molar-refractivity contribution in [3.8, 4) is 5.75 Å². The second-order valence-electron chi connectivity index (χ2n) is 6.78. The number of benzene rings is 2. The molecule has 2 rings (SSSR count). The molecule has 2 aromatic rings. The van der Waals surface area contributed by atoms with Gasteiger partial charge in [-0.15, -0.1) is 0 Å². The molecular weight excluding hydrogens is 479 g/mol. The summed E-state index contributed by atoms with van der Waals surface area (Å²) in [5.41, 5.74) is 1.41. The monoisotopic (exact) mass is 504 g/mol. The van der Waals surface area contributed by atoms with Crippen LogP contribution < -0.4 is 14.4 Å². The first kappa shape index (κ1) is 25.6. The molecule has 1 atom stereocenters. The number of carbonyl (C=O) groups is 1. The molecule has 31 heavy (non-hydrogen) atoms. The summed E-state index contributed by atoms with van der Waals surface area (Å²) in [7, 11) is -1.86. The van der Waals surface area contributed by atoms with Crippen LogP contribution in [0.3, 0.4) is 0 Å². The van der Waals surface area contributed by atoms with E-state index in [2.05, 4.69) is 5.32 Å². The molecule has 170 valence electrons. The Morgan fingerprint density at radius 2 is 1.77 bits per heavy atom. The van der Waals surface area contributed by atoms with Crippen LogP contribution in [0, 0.1) is 0 Å². The van der Waals surface area contributed by atoms with E-state index in [0.717, 1.165) is 11.8 Å². The fourth-order valence-corrected chi connectivity index (χ4v) is 4.72. The lowest BCUT2D eigenvalue weighted by atomic mass is 10.2. The Kier molecular flexibility index (Phi) is 9.81. The third-order valence-electron chi connectivity index (χ3n) is 4.49. The van der Waals surface area contributed by atoms with E-state index in [4.69, 9.17) is 27.9 Å². The molecule has 0 aliphatic rings. The SMILES string of the molecule is CC[C@H](Oc1ccc(N(C)S(C)(=O)=O)cc1)C(=O)NCCSCc1c(Cl)cccc1Cl. The average molecular weight is 505 g/mol. The van der Waals surface area contributed by atoms with Crippen molar-refractivity contribution < 1.29 is 17.9 Å². The largest absolute Gasteiger partial charge is 0.481 e. The Morgan fingerprint density at radius 3 is 2.32 bits per heavy atom. The van der Waals surface area contributed by atoms with Gasteiger partial charge in [0.1, 0.15) is 5.75 Å². The van der Waals surface area contributed by atoms with Crippen molar-refractivity contribution in [2.45, 2.75) is 25.2 Å². The molecule has 0 aromatic heterocycles. The zero-order valence-electron chi connectivity index (χ0n) is 17.6. The third kappa shape index (κ3) is 7.79. The van der Waals surface area contributed by atoms with E-state index < -0.39 is 16.1 Å². The van der Waals surface area contributed by atoms with Crippen LogP contribution in [0.4, 0.5) is 5.69 Å². The molecule has 0 aliphatic carbocycles. The highest BCUT2D eigenvalue weighted by Crippen LogP contribution is 2.28. The first-order valence-corrected chi connectivity index (χ1v) is 13.4. The van der Waals surface area contributed by atoms with Gasteiger partial charge in [0.25, 0.3) is 5.91 Å². The van der Waals surface area contributed by atoms with Crippen LogP contribution >= 0.6 is 35.0 Å². The van der Waals surface area contributed by atoms with E-state index in [1.807, 2.05) is 6.92 Å². The highest BCUT2D eigenvalue weighted by molar-refractivity contribution is 7.98. The Hall–Kier alpha value is -1.61. The molecule has 6 nitrogen and oxygen atoms in total. The van der Waals surface area contributed by atoms with Gasteiger partial charge in [-0.05, 0) is 48.4 Å². The molecule has 2 aromatic carbocycles. The molecule has 1 amide bonds. The Bertz CT molecular complexity index is 965. The molecule has 10 heteroatoms. The highest BCUT2D eigenvalue weighted by Gasteiger charge is 2.18. The molecule has 0 aliphatic heterocycles. The number of hydrogen-bond donors (Lipinski definition) is 1. The van der Waals surface area contributed by atoms with Crippen LogP contribution in [0.1, 0.15) is 18.9 Å². The number of rotatable bonds is 11. The van der Waals surface area contributed by atoms with Gasteiger partial charge in [-0.25, -0.2) is 8.42 Å². The molecule has 0 unspecified atom stereocenters. The predicted molar refractivity (Wildman–Crippen MR) is 130 cm³/mol. The number of ether oxygens (including phenoxy) is 1. The van der Waals surface area contributed by atoms with Gasteiger partial charge in [0.15, 0.2) is 6.10 Å². The van der Waals surface area contributed by atoms with Crippen LogP contribution in [0.5, 0.6) is 5.75 Å². The van der Waals surface area contributed by atoms with Gasteiger partial charge in [-0.1, -0.05) is 36.2 Å². The summed E-state index contributed by atoms with van der Waals surface area (Å²) < 4.78 is 30.2. The van der Waals surface area contributed by atoms with Gasteiger partial charge >= 0.3 is 0 Å². The van der Waals surface area contributed by atoms with Crippen LogP contribution in [-0.4, -0.2) is 46.0 Å². The van der Waals surface area contributed by atoms with Crippen molar-refractivity contribution in [3.05, 3.63) is 58.1 Å². The summed E-state index contributed by atoms with van der Waals surface area (Å²) in [6, 6.07) is 12.0. The van der Waals surface area contributed by atoms with E-state index in [1.54, 1.807) is 54.2 Å². The van der Waals surface area contributed by atoms with Gasteiger partial charge < -0.3 is 10.1 Å². The standard InChI is InChI=1S/C21H26Cl2N2O4S2/c1-4-20(29-16-10-8-15(9-11-16)25(2)31(3,27)28)21(26)24-12-13-30-14-17-18(22)6-5-7-19(17)23/h5-11,20H,4,12-14H2,1-3H3,(H,24,26)/t20-/m0/s1. The number of nitrogens with one attached hydrogen (secondary N) is 1. The van der Waals surface area contributed by atoms with E-state index >= 15 is 0 Å². The first-order valence-electron chi connectivity index (χ1n) is 9.62. The van der Waals surface area contributed by atoms with Crippen LogP contribution in [0.2, 0.25) is 10.0 Å². The van der Waals surface area contributed by atoms with Crippen LogP contribution in [0.15, 0.2) is 42.5 Å². The van der Waals surface area contributed by atoms with Crippen molar-refractivity contribution in [1.29, 1.82) is 0 Å². The predicted octanol–water partition coefficient (Wildman–Crippen LogP) is 4.60. The van der Waals surface area contributed by atoms with Gasteiger partial charge in [0, 0.05) is 35.1 Å². The molecule has 0 heterocycles. The molecule has 0 saturated carbocycles. The van der Waals surface area contributed by atoms with E-state index in [1.165, 1.54) is 11.4 Å². The molecule has 1 N–H and O–H groups in total. The smallest absolute Gasteiger partial charge is 0.261 e. The van der Waals surface area contributed by atoms with Crippen molar-refractivity contribution in [3.63, 3.8) is 0 Å². The fraction of sp³-hybridized carbons (Fsp3) is 0.381. The third-order valence-corrected chi connectivity index (χ3v) is 7.39. The summed E-state index contributed by atoms with van der Waals surface area (Å²) in [5, 5.41) is 4.15. The van der Waals surface area contributed by atoms with Gasteiger partial charge in [0.05, 0.1) is 11.9 Å². The van der Waals surface area contributed by atoms with Crippen LogP contribution in [-0.2, 0) is 20.6 Å². The second-order valence-corrected chi connectivity index (χ2v) is 10.7. The maximum Gasteiger partial charge on any atom is 0.261 e. The van der Waals surface area contributed by atoms with E-state index in [0.29, 0.717) is 46.0 Å². The first-order chi connectivity index (χ1) is 14.6. The number of nitrogens with zero attached hydrogens (tertiary/aromatic N) is 1. The lowest BCUT2D eigenvalue weighted by Gasteiger charge is -2.19.